The Labute approximate surface area is 210 Å². The lowest BCUT2D eigenvalue weighted by atomic mass is 10.0. The number of hydrogen-bond acceptors (Lipinski definition) is 1. The minimum atomic E-state index is -0.886. The summed E-state index contributed by atoms with van der Waals surface area (Å²) in [7, 11) is 0. The van der Waals surface area contributed by atoms with Gasteiger partial charge in [0.2, 0.25) is 0 Å². The average Bonchev–Trinajstić information content (AvgIpc) is 2.89. The molecule has 0 unspecified atom stereocenters. The van der Waals surface area contributed by atoms with Crippen molar-refractivity contribution in [2.75, 3.05) is 6.61 Å². The van der Waals surface area contributed by atoms with Crippen LogP contribution in [0.1, 0.15) is 29.5 Å². The van der Waals surface area contributed by atoms with E-state index in [0.29, 0.717) is 12.2 Å². The van der Waals surface area contributed by atoms with Crippen LogP contribution in [-0.2, 0) is 0 Å². The molecule has 0 aliphatic carbocycles. The third-order valence-corrected chi connectivity index (χ3v) is 5.92. The Hall–Kier alpha value is -4.05. The standard InChI is InChI=1S/C32H27F3O/c1-3-4-5-20-36-30-19-17-27(21-29(30)33)24-13-8-23(9-14-24)10-15-26-16-18-28(32(35)31(26)34)25-11-6-22(2)7-12-25/h3,6-19,21H,1,4-5,20H2,2H3/b15-10+. The maximum atomic E-state index is 14.7. The van der Waals surface area contributed by atoms with E-state index in [1.807, 2.05) is 49.4 Å². The first-order valence-corrected chi connectivity index (χ1v) is 11.8. The largest absolute Gasteiger partial charge is 0.491 e. The van der Waals surface area contributed by atoms with Crippen molar-refractivity contribution < 1.29 is 17.9 Å². The molecule has 0 bridgehead atoms. The molecular weight excluding hydrogens is 457 g/mol. The maximum Gasteiger partial charge on any atom is 0.167 e. The van der Waals surface area contributed by atoms with Gasteiger partial charge in [-0.15, -0.1) is 6.58 Å². The Morgan fingerprint density at radius 3 is 2.14 bits per heavy atom. The Morgan fingerprint density at radius 1 is 0.750 bits per heavy atom. The SMILES string of the molecule is C=CCCCOc1ccc(-c2ccc(/C=C/c3ccc(-c4ccc(C)cc4)c(F)c3F)cc2)cc1F. The van der Waals surface area contributed by atoms with E-state index in [-0.39, 0.29) is 16.9 Å². The van der Waals surface area contributed by atoms with Gasteiger partial charge in [-0.05, 0) is 54.2 Å². The fraction of sp³-hybridized carbons (Fsp3) is 0.125. The zero-order chi connectivity index (χ0) is 25.5. The van der Waals surface area contributed by atoms with Crippen molar-refractivity contribution in [3.63, 3.8) is 0 Å². The number of ether oxygens (including phenoxy) is 1. The lowest BCUT2D eigenvalue weighted by molar-refractivity contribution is 0.297. The second-order valence-electron chi connectivity index (χ2n) is 8.58. The highest BCUT2D eigenvalue weighted by Gasteiger charge is 2.13. The number of halogens is 3. The molecule has 0 spiro atoms. The monoisotopic (exact) mass is 484 g/mol. The van der Waals surface area contributed by atoms with E-state index in [1.165, 1.54) is 6.07 Å². The minimum absolute atomic E-state index is 0.165. The van der Waals surface area contributed by atoms with Crippen LogP contribution in [0.4, 0.5) is 13.2 Å². The van der Waals surface area contributed by atoms with E-state index >= 15 is 0 Å². The van der Waals surface area contributed by atoms with Crippen LogP contribution in [0.25, 0.3) is 34.4 Å². The van der Waals surface area contributed by atoms with Crippen LogP contribution in [0.15, 0.2) is 91.5 Å². The molecule has 0 atom stereocenters. The summed E-state index contributed by atoms with van der Waals surface area (Å²) < 4.78 is 49.4. The second kappa shape index (κ2) is 11.6. The first kappa shape index (κ1) is 25.1. The Balaban J connectivity index is 1.46. The van der Waals surface area contributed by atoms with Gasteiger partial charge in [-0.2, -0.15) is 0 Å². The Morgan fingerprint density at radius 2 is 1.44 bits per heavy atom. The van der Waals surface area contributed by atoms with E-state index < -0.39 is 17.5 Å². The Kier molecular flexibility index (Phi) is 8.06. The number of hydrogen-bond donors (Lipinski definition) is 0. The van der Waals surface area contributed by atoms with Gasteiger partial charge in [0.15, 0.2) is 23.2 Å². The molecule has 36 heavy (non-hydrogen) atoms. The topological polar surface area (TPSA) is 9.23 Å². The predicted molar refractivity (Wildman–Crippen MR) is 142 cm³/mol. The van der Waals surface area contributed by atoms with Crippen molar-refractivity contribution in [1.29, 1.82) is 0 Å². The number of aryl methyl sites for hydroxylation is 1. The molecule has 0 heterocycles. The van der Waals surface area contributed by atoms with Gasteiger partial charge >= 0.3 is 0 Å². The smallest absolute Gasteiger partial charge is 0.167 e. The Bertz CT molecular complexity index is 1370. The fourth-order valence-electron chi connectivity index (χ4n) is 3.83. The molecule has 182 valence electrons. The van der Waals surface area contributed by atoms with Crippen molar-refractivity contribution >= 4 is 12.2 Å². The van der Waals surface area contributed by atoms with E-state index in [0.717, 1.165) is 35.1 Å². The molecule has 0 fully saturated rings. The van der Waals surface area contributed by atoms with E-state index in [1.54, 1.807) is 48.6 Å². The average molecular weight is 485 g/mol. The number of unbranched alkanes of at least 4 members (excludes halogenated alkanes) is 1. The van der Waals surface area contributed by atoms with Crippen LogP contribution in [0.5, 0.6) is 5.75 Å². The molecule has 0 radical (unpaired) electrons. The molecule has 0 N–H and O–H groups in total. The van der Waals surface area contributed by atoms with Gasteiger partial charge < -0.3 is 4.74 Å². The zero-order valence-electron chi connectivity index (χ0n) is 20.1. The molecule has 4 aromatic carbocycles. The van der Waals surface area contributed by atoms with Gasteiger partial charge in [-0.25, -0.2) is 13.2 Å². The van der Waals surface area contributed by atoms with Crippen LogP contribution in [0, 0.1) is 24.4 Å². The highest BCUT2D eigenvalue weighted by atomic mass is 19.2. The summed E-state index contributed by atoms with van der Waals surface area (Å²) in [4.78, 5) is 0. The normalized spacial score (nSPS) is 11.1. The van der Waals surface area contributed by atoms with Gasteiger partial charge in [0.1, 0.15) is 0 Å². The first-order valence-electron chi connectivity index (χ1n) is 11.8. The summed E-state index contributed by atoms with van der Waals surface area (Å²) in [5.74, 6) is -1.94. The van der Waals surface area contributed by atoms with Crippen LogP contribution < -0.4 is 4.74 Å². The van der Waals surface area contributed by atoms with Crippen LogP contribution in [0.2, 0.25) is 0 Å². The second-order valence-corrected chi connectivity index (χ2v) is 8.58. The molecule has 4 heteroatoms. The van der Waals surface area contributed by atoms with Crippen LogP contribution in [0.3, 0.4) is 0 Å². The van der Waals surface area contributed by atoms with E-state index in [4.69, 9.17) is 4.74 Å². The van der Waals surface area contributed by atoms with Gasteiger partial charge in [0.05, 0.1) is 6.61 Å². The van der Waals surface area contributed by atoms with Crippen molar-refractivity contribution in [2.45, 2.75) is 19.8 Å². The molecule has 0 saturated heterocycles. The van der Waals surface area contributed by atoms with Gasteiger partial charge in [0, 0.05) is 11.1 Å². The molecule has 0 amide bonds. The van der Waals surface area contributed by atoms with Gasteiger partial charge in [-0.1, -0.05) is 90.5 Å². The highest BCUT2D eigenvalue weighted by molar-refractivity contribution is 5.74. The summed E-state index contributed by atoms with van der Waals surface area (Å²) in [5, 5.41) is 0. The minimum Gasteiger partial charge on any atom is -0.491 e. The number of allylic oxidation sites excluding steroid dienone is 1. The van der Waals surface area contributed by atoms with E-state index in [2.05, 4.69) is 6.58 Å². The van der Waals surface area contributed by atoms with Crippen molar-refractivity contribution in [3.8, 4) is 28.0 Å². The number of rotatable bonds is 9. The maximum absolute atomic E-state index is 14.7. The molecular formula is C32H27F3O. The number of benzene rings is 4. The van der Waals surface area contributed by atoms with Crippen LogP contribution in [-0.4, -0.2) is 6.61 Å². The van der Waals surface area contributed by atoms with Crippen LogP contribution >= 0.6 is 0 Å². The molecule has 0 saturated carbocycles. The van der Waals surface area contributed by atoms with Gasteiger partial charge in [0.25, 0.3) is 0 Å². The third kappa shape index (κ3) is 5.95. The summed E-state index contributed by atoms with van der Waals surface area (Å²) in [6.45, 7) is 6.03. The zero-order valence-corrected chi connectivity index (χ0v) is 20.1. The van der Waals surface area contributed by atoms with Gasteiger partial charge in [-0.3, -0.25) is 0 Å². The van der Waals surface area contributed by atoms with Crippen molar-refractivity contribution in [1.82, 2.24) is 0 Å². The quantitative estimate of drug-likeness (QED) is 0.131. The third-order valence-electron chi connectivity index (χ3n) is 5.92. The predicted octanol–water partition coefficient (Wildman–Crippen LogP) is 9.26. The summed E-state index contributed by atoms with van der Waals surface area (Å²) in [6, 6.07) is 22.7. The van der Waals surface area contributed by atoms with Crippen molar-refractivity contribution in [3.05, 3.63) is 126 Å². The molecule has 0 aliphatic heterocycles. The van der Waals surface area contributed by atoms with Crippen molar-refractivity contribution in [2.24, 2.45) is 0 Å². The highest BCUT2D eigenvalue weighted by Crippen LogP contribution is 2.29. The fourth-order valence-corrected chi connectivity index (χ4v) is 3.83. The molecule has 1 nitrogen and oxygen atoms in total. The molecule has 0 aliphatic rings. The molecule has 4 aromatic rings. The molecule has 4 rings (SSSR count). The molecule has 0 aromatic heterocycles. The summed E-state index contributed by atoms with van der Waals surface area (Å²) in [6.07, 6.45) is 6.67. The lowest BCUT2D eigenvalue weighted by Gasteiger charge is -2.09. The summed E-state index contributed by atoms with van der Waals surface area (Å²) in [5.41, 5.74) is 4.45. The van der Waals surface area contributed by atoms with E-state index in [9.17, 15) is 13.2 Å². The summed E-state index contributed by atoms with van der Waals surface area (Å²) >= 11 is 0. The lowest BCUT2D eigenvalue weighted by Crippen LogP contribution is -1.98. The first-order chi connectivity index (χ1) is 17.5.